The number of rotatable bonds is 7. The van der Waals surface area contributed by atoms with Crippen molar-refractivity contribution in [2.75, 3.05) is 6.54 Å². The number of imidazole rings is 1. The van der Waals surface area contributed by atoms with Gasteiger partial charge in [0.15, 0.2) is 0 Å². The number of pyridine rings is 1. The predicted molar refractivity (Wildman–Crippen MR) is 129 cm³/mol. The first kappa shape index (κ1) is 21.0. The van der Waals surface area contributed by atoms with Gasteiger partial charge in [0.05, 0.1) is 35.8 Å². The van der Waals surface area contributed by atoms with E-state index >= 15 is 0 Å². The topological polar surface area (TPSA) is 109 Å². The van der Waals surface area contributed by atoms with Gasteiger partial charge >= 0.3 is 0 Å². The highest BCUT2D eigenvalue weighted by molar-refractivity contribution is 5.92. The Morgan fingerprint density at radius 3 is 2.88 bits per heavy atom. The van der Waals surface area contributed by atoms with Crippen LogP contribution in [0.1, 0.15) is 43.4 Å². The SMILES string of the molecule is OC1(CNCc2ccc3nc(Cn4cc(-c5cccc6[nH]ncc56)nn4)cn3c2)CCCCC1. The number of nitrogens with zero attached hydrogens (tertiary/aromatic N) is 6. The van der Waals surface area contributed by atoms with E-state index in [1.54, 1.807) is 0 Å². The molecule has 0 unspecified atom stereocenters. The first-order chi connectivity index (χ1) is 16.7. The van der Waals surface area contributed by atoms with Gasteiger partial charge < -0.3 is 14.8 Å². The molecule has 0 spiro atoms. The highest BCUT2D eigenvalue weighted by Gasteiger charge is 2.28. The van der Waals surface area contributed by atoms with Crippen LogP contribution in [0.15, 0.2) is 55.1 Å². The van der Waals surface area contributed by atoms with E-state index in [9.17, 15) is 5.11 Å². The van der Waals surface area contributed by atoms with Crippen LogP contribution in [0.5, 0.6) is 0 Å². The maximum absolute atomic E-state index is 10.7. The molecule has 1 fully saturated rings. The number of aliphatic hydroxyl groups is 1. The van der Waals surface area contributed by atoms with Gasteiger partial charge in [-0.25, -0.2) is 9.67 Å². The van der Waals surface area contributed by atoms with Crippen LogP contribution in [0, 0.1) is 0 Å². The zero-order valence-corrected chi connectivity index (χ0v) is 19.0. The van der Waals surface area contributed by atoms with E-state index in [2.05, 4.69) is 38.1 Å². The first-order valence-electron chi connectivity index (χ1n) is 11.9. The lowest BCUT2D eigenvalue weighted by molar-refractivity contribution is 0.00467. The number of aromatic nitrogens is 7. The van der Waals surface area contributed by atoms with Gasteiger partial charge in [-0.1, -0.05) is 42.7 Å². The van der Waals surface area contributed by atoms with Gasteiger partial charge in [-0.15, -0.1) is 5.10 Å². The summed E-state index contributed by atoms with van der Waals surface area (Å²) < 4.78 is 3.86. The molecular weight excluding hydrogens is 428 g/mol. The number of hydrogen-bond donors (Lipinski definition) is 3. The van der Waals surface area contributed by atoms with E-state index in [-0.39, 0.29) is 0 Å². The average molecular weight is 457 g/mol. The van der Waals surface area contributed by atoms with Crippen LogP contribution < -0.4 is 5.32 Å². The van der Waals surface area contributed by atoms with Crippen molar-refractivity contribution in [1.29, 1.82) is 0 Å². The van der Waals surface area contributed by atoms with Gasteiger partial charge in [0.1, 0.15) is 11.3 Å². The van der Waals surface area contributed by atoms with E-state index in [4.69, 9.17) is 4.98 Å². The lowest BCUT2D eigenvalue weighted by Crippen LogP contribution is -2.41. The normalized spacial score (nSPS) is 15.9. The molecule has 0 aliphatic heterocycles. The van der Waals surface area contributed by atoms with E-state index < -0.39 is 5.60 Å². The van der Waals surface area contributed by atoms with Crippen LogP contribution >= 0.6 is 0 Å². The number of hydrogen-bond acceptors (Lipinski definition) is 6. The second-order valence-corrected chi connectivity index (χ2v) is 9.36. The molecule has 1 saturated carbocycles. The quantitative estimate of drug-likeness (QED) is 0.347. The Morgan fingerprint density at radius 1 is 1.06 bits per heavy atom. The fourth-order valence-corrected chi connectivity index (χ4v) is 4.95. The molecule has 0 atom stereocenters. The second-order valence-electron chi connectivity index (χ2n) is 9.36. The van der Waals surface area contributed by atoms with Gasteiger partial charge in [0.25, 0.3) is 0 Å². The molecule has 174 valence electrons. The summed E-state index contributed by atoms with van der Waals surface area (Å²) >= 11 is 0. The van der Waals surface area contributed by atoms with Crippen LogP contribution in [-0.4, -0.2) is 51.8 Å². The molecule has 1 aliphatic carbocycles. The molecule has 0 saturated heterocycles. The third-order valence-electron chi connectivity index (χ3n) is 6.75. The maximum atomic E-state index is 10.7. The monoisotopic (exact) mass is 456 g/mol. The number of benzene rings is 1. The van der Waals surface area contributed by atoms with Gasteiger partial charge in [-0.05, 0) is 30.5 Å². The minimum atomic E-state index is -0.551. The molecular formula is C25H28N8O. The Kier molecular flexibility index (Phi) is 5.35. The van der Waals surface area contributed by atoms with Crippen LogP contribution in [0.3, 0.4) is 0 Å². The summed E-state index contributed by atoms with van der Waals surface area (Å²) in [6.45, 7) is 1.90. The van der Waals surface area contributed by atoms with E-state index in [1.165, 1.54) is 6.42 Å². The summed E-state index contributed by atoms with van der Waals surface area (Å²) in [5, 5.41) is 30.9. The van der Waals surface area contributed by atoms with Crippen LogP contribution in [-0.2, 0) is 13.1 Å². The van der Waals surface area contributed by atoms with E-state index in [1.807, 2.05) is 51.9 Å². The van der Waals surface area contributed by atoms with Crippen LogP contribution in [0.2, 0.25) is 0 Å². The molecule has 0 amide bonds. The van der Waals surface area contributed by atoms with E-state index in [0.717, 1.165) is 71.3 Å². The molecule has 0 radical (unpaired) electrons. The number of nitrogens with one attached hydrogen (secondary N) is 2. The summed E-state index contributed by atoms with van der Waals surface area (Å²) in [7, 11) is 0. The largest absolute Gasteiger partial charge is 0.389 e. The number of aromatic amines is 1. The molecule has 3 N–H and O–H groups in total. The zero-order valence-electron chi connectivity index (χ0n) is 19.0. The summed E-state index contributed by atoms with van der Waals surface area (Å²) in [6.07, 6.45) is 13.1. The van der Waals surface area contributed by atoms with Crippen molar-refractivity contribution >= 4 is 16.6 Å². The maximum Gasteiger partial charge on any atom is 0.137 e. The molecule has 5 aromatic rings. The summed E-state index contributed by atoms with van der Waals surface area (Å²) in [5.74, 6) is 0. The first-order valence-corrected chi connectivity index (χ1v) is 11.9. The summed E-state index contributed by atoms with van der Waals surface area (Å²) in [6, 6.07) is 10.1. The molecule has 4 aromatic heterocycles. The fourth-order valence-electron chi connectivity index (χ4n) is 4.95. The van der Waals surface area contributed by atoms with Gasteiger partial charge in [0.2, 0.25) is 0 Å². The van der Waals surface area contributed by atoms with Crippen molar-refractivity contribution in [3.05, 3.63) is 66.4 Å². The van der Waals surface area contributed by atoms with Crippen molar-refractivity contribution in [3.8, 4) is 11.3 Å². The molecule has 1 aliphatic rings. The van der Waals surface area contributed by atoms with E-state index in [0.29, 0.717) is 13.1 Å². The Morgan fingerprint density at radius 2 is 1.97 bits per heavy atom. The van der Waals surface area contributed by atoms with Crippen LogP contribution in [0.4, 0.5) is 0 Å². The van der Waals surface area contributed by atoms with Crippen LogP contribution in [0.25, 0.3) is 27.8 Å². The number of H-pyrrole nitrogens is 1. The Hall–Kier alpha value is -3.56. The Labute approximate surface area is 196 Å². The molecule has 34 heavy (non-hydrogen) atoms. The van der Waals surface area contributed by atoms with Crippen molar-refractivity contribution in [3.63, 3.8) is 0 Å². The fraction of sp³-hybridized carbons (Fsp3) is 0.360. The lowest BCUT2D eigenvalue weighted by atomic mass is 9.85. The van der Waals surface area contributed by atoms with Crippen molar-refractivity contribution in [1.82, 2.24) is 39.9 Å². The Balaban J connectivity index is 1.14. The van der Waals surface area contributed by atoms with Crippen molar-refractivity contribution in [2.45, 2.75) is 50.8 Å². The molecule has 0 bridgehead atoms. The second kappa shape index (κ2) is 8.66. The summed E-state index contributed by atoms with van der Waals surface area (Å²) in [4.78, 5) is 4.74. The van der Waals surface area contributed by atoms with Gasteiger partial charge in [-0.2, -0.15) is 5.10 Å². The average Bonchev–Trinajstić information content (AvgIpc) is 3.58. The minimum Gasteiger partial charge on any atom is -0.389 e. The number of fused-ring (bicyclic) bond motifs is 2. The smallest absolute Gasteiger partial charge is 0.137 e. The van der Waals surface area contributed by atoms with Gasteiger partial charge in [0, 0.05) is 36.4 Å². The highest BCUT2D eigenvalue weighted by atomic mass is 16.3. The molecule has 4 heterocycles. The van der Waals surface area contributed by atoms with Crippen molar-refractivity contribution < 1.29 is 5.11 Å². The minimum absolute atomic E-state index is 0.538. The van der Waals surface area contributed by atoms with Gasteiger partial charge in [-0.3, -0.25) is 5.10 Å². The predicted octanol–water partition coefficient (Wildman–Crippen LogP) is 3.30. The standard InChI is InChI=1S/C25H28N8O/c34-25(9-2-1-3-10-25)17-26-11-18-7-8-24-28-19(14-32(24)13-18)15-33-16-23(30-31-33)20-5-4-6-22-21(20)12-27-29-22/h4-8,12-14,16,26,34H,1-3,9-11,15,17H2,(H,27,29). The molecule has 6 rings (SSSR count). The third kappa shape index (κ3) is 4.20. The van der Waals surface area contributed by atoms with Crippen molar-refractivity contribution in [2.24, 2.45) is 0 Å². The Bertz CT molecular complexity index is 1430. The highest BCUT2D eigenvalue weighted by Crippen LogP contribution is 2.27. The molecule has 9 heteroatoms. The summed E-state index contributed by atoms with van der Waals surface area (Å²) in [5.41, 5.74) is 5.21. The zero-order chi connectivity index (χ0) is 23.0. The lowest BCUT2D eigenvalue weighted by Gasteiger charge is -2.32. The molecule has 9 nitrogen and oxygen atoms in total. The third-order valence-corrected chi connectivity index (χ3v) is 6.75. The molecule has 1 aromatic carbocycles.